The van der Waals surface area contributed by atoms with Crippen molar-refractivity contribution in [3.05, 3.63) is 47.5 Å². The predicted octanol–water partition coefficient (Wildman–Crippen LogP) is -2.00. The number of rotatable bonds is 7. The molecule has 1 aromatic carbocycles. The average Bonchev–Trinajstić information content (AvgIpc) is 3.13. The fourth-order valence-electron chi connectivity index (χ4n) is 3.28. The van der Waals surface area contributed by atoms with Crippen molar-refractivity contribution in [2.24, 2.45) is 0 Å². The van der Waals surface area contributed by atoms with E-state index in [1.807, 2.05) is 0 Å². The molecule has 2 heterocycles. The van der Waals surface area contributed by atoms with E-state index in [1.54, 1.807) is 29.3 Å². The first-order chi connectivity index (χ1) is 12.7. The third-order valence-corrected chi connectivity index (χ3v) is 4.99. The van der Waals surface area contributed by atoms with E-state index in [9.17, 15) is 9.18 Å². The summed E-state index contributed by atoms with van der Waals surface area (Å²) in [7, 11) is 0. The quantitative estimate of drug-likeness (QED) is 0.534. The van der Waals surface area contributed by atoms with Gasteiger partial charge >= 0.3 is 0 Å². The highest BCUT2D eigenvalue weighted by Crippen LogP contribution is 2.08. The van der Waals surface area contributed by atoms with Gasteiger partial charge in [-0.25, -0.2) is 9.07 Å². The highest BCUT2D eigenvalue weighted by molar-refractivity contribution is 5.91. The number of hydrogen-bond acceptors (Lipinski definition) is 3. The van der Waals surface area contributed by atoms with Gasteiger partial charge in [0, 0.05) is 5.56 Å². The van der Waals surface area contributed by atoms with Gasteiger partial charge in [-0.2, -0.15) is 0 Å². The molecule has 1 aromatic heterocycles. The number of likely N-dealkylation sites (N-methyl/N-ethyl adjacent to an activating group) is 1. The van der Waals surface area contributed by atoms with Crippen molar-refractivity contribution in [2.75, 3.05) is 45.8 Å². The Morgan fingerprint density at radius 1 is 1.23 bits per heavy atom. The van der Waals surface area contributed by atoms with Gasteiger partial charge < -0.3 is 15.1 Å². The van der Waals surface area contributed by atoms with Crippen LogP contribution in [0.2, 0.25) is 0 Å². The Labute approximate surface area is 152 Å². The van der Waals surface area contributed by atoms with Crippen LogP contribution in [0.4, 0.5) is 4.39 Å². The van der Waals surface area contributed by atoms with Crippen molar-refractivity contribution in [3.63, 3.8) is 0 Å². The zero-order chi connectivity index (χ0) is 18.4. The molecule has 3 N–H and O–H groups in total. The number of amides is 1. The Kier molecular flexibility index (Phi) is 6.30. The van der Waals surface area contributed by atoms with Crippen LogP contribution in [0.5, 0.6) is 0 Å². The Bertz CT molecular complexity index is 726. The van der Waals surface area contributed by atoms with E-state index in [0.29, 0.717) is 12.1 Å². The smallest absolute Gasteiger partial charge is 0.273 e. The Balaban J connectivity index is 1.44. The topological polar surface area (TPSA) is 68.7 Å². The van der Waals surface area contributed by atoms with Crippen LogP contribution in [0, 0.1) is 5.82 Å². The van der Waals surface area contributed by atoms with Crippen molar-refractivity contribution in [1.29, 1.82) is 0 Å². The van der Waals surface area contributed by atoms with Gasteiger partial charge in [-0.15, -0.1) is 5.10 Å². The first-order valence-electron chi connectivity index (χ1n) is 9.24. The second kappa shape index (κ2) is 8.86. The molecular formula is C18H27FN6O+2. The van der Waals surface area contributed by atoms with Crippen LogP contribution in [0.1, 0.15) is 23.0 Å². The van der Waals surface area contributed by atoms with E-state index in [0.717, 1.165) is 19.6 Å². The van der Waals surface area contributed by atoms with Crippen molar-refractivity contribution >= 4 is 5.91 Å². The number of quaternary nitrogens is 2. The Morgan fingerprint density at radius 3 is 2.69 bits per heavy atom. The van der Waals surface area contributed by atoms with E-state index < -0.39 is 0 Å². The van der Waals surface area contributed by atoms with Crippen molar-refractivity contribution < 1.29 is 19.0 Å². The van der Waals surface area contributed by atoms with Gasteiger partial charge in [0.05, 0.1) is 32.4 Å². The van der Waals surface area contributed by atoms with Crippen molar-refractivity contribution in [1.82, 2.24) is 20.3 Å². The lowest BCUT2D eigenvalue weighted by molar-refractivity contribution is -1.01. The molecule has 1 aliphatic rings. The monoisotopic (exact) mass is 362 g/mol. The maximum absolute atomic E-state index is 13.7. The standard InChI is InChI=1S/C18H25FN6O/c1-2-23-9-11-24(12-10-23)8-7-20-18(26)17-14-25(22-21-17)13-15-5-3-4-6-16(15)19/h3-6,14H,2,7-13H2,1H3,(H,20,26)/p+2. The zero-order valence-corrected chi connectivity index (χ0v) is 15.2. The third-order valence-electron chi connectivity index (χ3n) is 4.99. The second-order valence-electron chi connectivity index (χ2n) is 6.75. The highest BCUT2D eigenvalue weighted by atomic mass is 19.1. The van der Waals surface area contributed by atoms with E-state index in [1.165, 1.54) is 35.3 Å². The number of nitrogens with zero attached hydrogens (tertiary/aromatic N) is 3. The summed E-state index contributed by atoms with van der Waals surface area (Å²) in [4.78, 5) is 15.4. The molecule has 3 rings (SSSR count). The fraction of sp³-hybridized carbons (Fsp3) is 0.500. The number of hydrogen-bond donors (Lipinski definition) is 3. The highest BCUT2D eigenvalue weighted by Gasteiger charge is 2.21. The Hall–Kier alpha value is -2.32. The molecule has 1 aliphatic heterocycles. The zero-order valence-electron chi connectivity index (χ0n) is 15.2. The molecule has 1 amide bonds. The number of nitrogens with one attached hydrogen (secondary N) is 3. The molecule has 1 fully saturated rings. The molecule has 26 heavy (non-hydrogen) atoms. The van der Waals surface area contributed by atoms with Crippen LogP contribution in [0.25, 0.3) is 0 Å². The first kappa shape index (κ1) is 18.5. The number of halogens is 1. The summed E-state index contributed by atoms with van der Waals surface area (Å²) < 4.78 is 15.2. The molecule has 140 valence electrons. The molecule has 0 aliphatic carbocycles. The summed E-state index contributed by atoms with van der Waals surface area (Å²) >= 11 is 0. The van der Waals surface area contributed by atoms with Crippen LogP contribution in [0.15, 0.2) is 30.5 Å². The molecule has 8 heteroatoms. The first-order valence-corrected chi connectivity index (χ1v) is 9.24. The molecular weight excluding hydrogens is 335 g/mol. The molecule has 0 atom stereocenters. The van der Waals surface area contributed by atoms with Gasteiger partial charge in [-0.05, 0) is 13.0 Å². The summed E-state index contributed by atoms with van der Waals surface area (Å²) in [6.45, 7) is 9.90. The molecule has 0 unspecified atom stereocenters. The van der Waals surface area contributed by atoms with Gasteiger partial charge in [0.1, 0.15) is 32.0 Å². The van der Waals surface area contributed by atoms with Gasteiger partial charge in [0.15, 0.2) is 5.69 Å². The van der Waals surface area contributed by atoms with Crippen LogP contribution in [-0.2, 0) is 6.54 Å². The SMILES string of the molecule is CC[NH+]1CC[NH+](CCNC(=O)c2cn(Cc3ccccc3F)nn2)CC1. The summed E-state index contributed by atoms with van der Waals surface area (Å²) in [5.41, 5.74) is 0.776. The molecule has 2 aromatic rings. The van der Waals surface area contributed by atoms with Gasteiger partial charge in [-0.3, -0.25) is 4.79 Å². The van der Waals surface area contributed by atoms with E-state index >= 15 is 0 Å². The lowest BCUT2D eigenvalue weighted by atomic mass is 10.2. The fourth-order valence-corrected chi connectivity index (χ4v) is 3.28. The minimum Gasteiger partial charge on any atom is -0.345 e. The number of carbonyl (C=O) groups excluding carboxylic acids is 1. The summed E-state index contributed by atoms with van der Waals surface area (Å²) in [5.74, 6) is -0.524. The van der Waals surface area contributed by atoms with Gasteiger partial charge in [0.25, 0.3) is 5.91 Å². The van der Waals surface area contributed by atoms with Crippen molar-refractivity contribution in [3.8, 4) is 0 Å². The third kappa shape index (κ3) is 4.86. The summed E-state index contributed by atoms with van der Waals surface area (Å²) in [6, 6.07) is 6.52. The second-order valence-corrected chi connectivity index (χ2v) is 6.75. The number of carbonyl (C=O) groups is 1. The number of piperazine rings is 1. The van der Waals surface area contributed by atoms with Crippen LogP contribution >= 0.6 is 0 Å². The predicted molar refractivity (Wildman–Crippen MR) is 94.7 cm³/mol. The van der Waals surface area contributed by atoms with Crippen molar-refractivity contribution in [2.45, 2.75) is 13.5 Å². The molecule has 1 saturated heterocycles. The maximum Gasteiger partial charge on any atom is 0.273 e. The lowest BCUT2D eigenvalue weighted by Crippen LogP contribution is -3.28. The molecule has 0 spiro atoms. The van der Waals surface area contributed by atoms with E-state index in [4.69, 9.17) is 0 Å². The minimum absolute atomic E-state index is 0.234. The average molecular weight is 362 g/mol. The lowest BCUT2D eigenvalue weighted by Gasteiger charge is -2.28. The van der Waals surface area contributed by atoms with Gasteiger partial charge in [0.2, 0.25) is 0 Å². The number of aromatic nitrogens is 3. The Morgan fingerprint density at radius 2 is 1.96 bits per heavy atom. The number of benzene rings is 1. The molecule has 7 nitrogen and oxygen atoms in total. The minimum atomic E-state index is -0.290. The molecule has 0 radical (unpaired) electrons. The van der Waals surface area contributed by atoms with Crippen LogP contribution in [0.3, 0.4) is 0 Å². The molecule has 0 saturated carbocycles. The summed E-state index contributed by atoms with van der Waals surface area (Å²) in [5, 5.41) is 10.7. The van der Waals surface area contributed by atoms with E-state index in [-0.39, 0.29) is 24.0 Å². The molecule has 0 bridgehead atoms. The van der Waals surface area contributed by atoms with Crippen LogP contribution in [-0.4, -0.2) is 66.7 Å². The van der Waals surface area contributed by atoms with Gasteiger partial charge in [-0.1, -0.05) is 23.4 Å². The maximum atomic E-state index is 13.7. The largest absolute Gasteiger partial charge is 0.345 e. The summed E-state index contributed by atoms with van der Waals surface area (Å²) in [6.07, 6.45) is 1.55. The normalized spacial score (nSPS) is 20.1. The van der Waals surface area contributed by atoms with E-state index in [2.05, 4.69) is 22.6 Å². The van der Waals surface area contributed by atoms with Crippen LogP contribution < -0.4 is 15.1 Å².